The third-order valence-corrected chi connectivity index (χ3v) is 5.84. The van der Waals surface area contributed by atoms with Crippen molar-refractivity contribution in [1.82, 2.24) is 15.1 Å². The molecule has 0 radical (unpaired) electrons. The number of hydrogen-bond acceptors (Lipinski definition) is 3. The standard InChI is InChI=1S/C22H34N4O2/c1-18-6-9-20(10-7-18)24-22(28)26-15-4-5-19(17-26)8-11-21(27)23-12-16-25-13-2-3-14-25/h6-7,9-10,19H,2-5,8,11-17H2,1H3,(H,23,27)(H,24,28)/t19-/m1/s1. The lowest BCUT2D eigenvalue weighted by Gasteiger charge is -2.32. The molecule has 28 heavy (non-hydrogen) atoms. The molecule has 0 aromatic heterocycles. The summed E-state index contributed by atoms with van der Waals surface area (Å²) in [6.45, 7) is 7.59. The van der Waals surface area contributed by atoms with E-state index in [1.807, 2.05) is 36.1 Å². The van der Waals surface area contributed by atoms with E-state index in [0.29, 0.717) is 12.3 Å². The van der Waals surface area contributed by atoms with E-state index in [1.165, 1.54) is 31.5 Å². The number of anilines is 1. The van der Waals surface area contributed by atoms with E-state index in [2.05, 4.69) is 15.5 Å². The Bertz CT molecular complexity index is 640. The first-order chi connectivity index (χ1) is 13.6. The van der Waals surface area contributed by atoms with Crippen LogP contribution in [0.4, 0.5) is 10.5 Å². The fourth-order valence-corrected chi connectivity index (χ4v) is 4.11. The molecule has 2 fully saturated rings. The molecule has 2 aliphatic heterocycles. The SMILES string of the molecule is Cc1ccc(NC(=O)N2CCC[C@H](CCC(=O)NCCN3CCCC3)C2)cc1. The molecule has 6 nitrogen and oxygen atoms in total. The van der Waals surface area contributed by atoms with Crippen LogP contribution in [-0.4, -0.2) is 61.0 Å². The number of likely N-dealkylation sites (tertiary alicyclic amines) is 2. The zero-order valence-electron chi connectivity index (χ0n) is 17.1. The number of carbonyl (C=O) groups is 2. The summed E-state index contributed by atoms with van der Waals surface area (Å²) in [6, 6.07) is 7.82. The second-order valence-electron chi connectivity index (χ2n) is 8.19. The molecule has 0 saturated carbocycles. The Labute approximate surface area is 168 Å². The predicted molar refractivity (Wildman–Crippen MR) is 112 cm³/mol. The highest BCUT2D eigenvalue weighted by Crippen LogP contribution is 2.22. The van der Waals surface area contributed by atoms with Crippen LogP contribution in [0.5, 0.6) is 0 Å². The zero-order valence-corrected chi connectivity index (χ0v) is 17.1. The minimum Gasteiger partial charge on any atom is -0.355 e. The van der Waals surface area contributed by atoms with Gasteiger partial charge in [-0.15, -0.1) is 0 Å². The van der Waals surface area contributed by atoms with Gasteiger partial charge in [0.05, 0.1) is 0 Å². The minimum absolute atomic E-state index is 0.0383. The summed E-state index contributed by atoms with van der Waals surface area (Å²) in [5, 5.41) is 6.03. The summed E-state index contributed by atoms with van der Waals surface area (Å²) in [4.78, 5) is 29.0. The number of benzene rings is 1. The second-order valence-corrected chi connectivity index (χ2v) is 8.19. The highest BCUT2D eigenvalue weighted by molar-refractivity contribution is 5.89. The van der Waals surface area contributed by atoms with E-state index in [1.54, 1.807) is 0 Å². The van der Waals surface area contributed by atoms with Gasteiger partial charge in [-0.05, 0) is 70.2 Å². The maximum Gasteiger partial charge on any atom is 0.321 e. The number of nitrogens with zero attached hydrogens (tertiary/aromatic N) is 2. The van der Waals surface area contributed by atoms with Gasteiger partial charge in [-0.2, -0.15) is 0 Å². The number of rotatable bonds is 7. The smallest absolute Gasteiger partial charge is 0.321 e. The Morgan fingerprint density at radius 1 is 1.07 bits per heavy atom. The Balaban J connectivity index is 1.35. The Morgan fingerprint density at radius 3 is 2.57 bits per heavy atom. The van der Waals surface area contributed by atoms with Gasteiger partial charge in [0, 0.05) is 38.3 Å². The van der Waals surface area contributed by atoms with Crippen LogP contribution >= 0.6 is 0 Å². The van der Waals surface area contributed by atoms with E-state index in [9.17, 15) is 9.59 Å². The highest BCUT2D eigenvalue weighted by atomic mass is 16.2. The molecule has 0 unspecified atom stereocenters. The van der Waals surface area contributed by atoms with E-state index in [4.69, 9.17) is 0 Å². The van der Waals surface area contributed by atoms with Crippen molar-refractivity contribution in [2.24, 2.45) is 5.92 Å². The number of amides is 3. The van der Waals surface area contributed by atoms with Gasteiger partial charge in [0.25, 0.3) is 0 Å². The van der Waals surface area contributed by atoms with Gasteiger partial charge in [-0.25, -0.2) is 4.79 Å². The maximum atomic E-state index is 12.5. The van der Waals surface area contributed by atoms with Gasteiger partial charge >= 0.3 is 6.03 Å². The first-order valence-corrected chi connectivity index (χ1v) is 10.7. The molecule has 2 N–H and O–H groups in total. The lowest BCUT2D eigenvalue weighted by atomic mass is 9.93. The molecule has 6 heteroatoms. The number of nitrogens with one attached hydrogen (secondary N) is 2. The van der Waals surface area contributed by atoms with Crippen LogP contribution < -0.4 is 10.6 Å². The van der Waals surface area contributed by atoms with Crippen LogP contribution in [0.2, 0.25) is 0 Å². The molecule has 3 rings (SSSR count). The van der Waals surface area contributed by atoms with Crippen molar-refractivity contribution in [3.05, 3.63) is 29.8 Å². The van der Waals surface area contributed by atoms with Crippen molar-refractivity contribution in [3.8, 4) is 0 Å². The van der Waals surface area contributed by atoms with Gasteiger partial charge in [0.1, 0.15) is 0 Å². The van der Waals surface area contributed by atoms with Crippen molar-refractivity contribution in [2.45, 2.75) is 45.4 Å². The Hall–Kier alpha value is -2.08. The number of hydrogen-bond donors (Lipinski definition) is 2. The normalized spacial score (nSPS) is 20.2. The van der Waals surface area contributed by atoms with E-state index < -0.39 is 0 Å². The van der Waals surface area contributed by atoms with Crippen LogP contribution in [0, 0.1) is 12.8 Å². The van der Waals surface area contributed by atoms with Crippen LogP contribution in [0.3, 0.4) is 0 Å². The number of piperidine rings is 1. The molecule has 1 aromatic carbocycles. The van der Waals surface area contributed by atoms with E-state index in [0.717, 1.165) is 51.1 Å². The summed E-state index contributed by atoms with van der Waals surface area (Å²) >= 11 is 0. The topological polar surface area (TPSA) is 64.7 Å². The van der Waals surface area contributed by atoms with Gasteiger partial charge in [-0.3, -0.25) is 4.79 Å². The highest BCUT2D eigenvalue weighted by Gasteiger charge is 2.24. The van der Waals surface area contributed by atoms with Crippen LogP contribution in [0.1, 0.15) is 44.1 Å². The molecule has 2 aliphatic rings. The molecule has 2 saturated heterocycles. The van der Waals surface area contributed by atoms with Crippen molar-refractivity contribution >= 4 is 17.6 Å². The van der Waals surface area contributed by atoms with Crippen LogP contribution in [0.25, 0.3) is 0 Å². The number of urea groups is 1. The van der Waals surface area contributed by atoms with Crippen LogP contribution in [-0.2, 0) is 4.79 Å². The van der Waals surface area contributed by atoms with Crippen molar-refractivity contribution in [3.63, 3.8) is 0 Å². The summed E-state index contributed by atoms with van der Waals surface area (Å²) < 4.78 is 0. The number of aryl methyl sites for hydroxylation is 1. The lowest BCUT2D eigenvalue weighted by Crippen LogP contribution is -2.42. The quantitative estimate of drug-likeness (QED) is 0.756. The molecule has 2 heterocycles. The third-order valence-electron chi connectivity index (χ3n) is 5.84. The molecule has 1 aromatic rings. The third kappa shape index (κ3) is 6.51. The maximum absolute atomic E-state index is 12.5. The summed E-state index contributed by atoms with van der Waals surface area (Å²) in [7, 11) is 0. The Kier molecular flexibility index (Phi) is 7.71. The zero-order chi connectivity index (χ0) is 19.8. The van der Waals surface area contributed by atoms with E-state index in [-0.39, 0.29) is 11.9 Å². The molecule has 3 amide bonds. The fraction of sp³-hybridized carbons (Fsp3) is 0.636. The predicted octanol–water partition coefficient (Wildman–Crippen LogP) is 3.23. The summed E-state index contributed by atoms with van der Waals surface area (Å²) in [5.74, 6) is 0.544. The average molecular weight is 387 g/mol. The first kappa shape index (κ1) is 20.6. The Morgan fingerprint density at radius 2 is 1.82 bits per heavy atom. The second kappa shape index (κ2) is 10.5. The lowest BCUT2D eigenvalue weighted by molar-refractivity contribution is -0.121. The van der Waals surface area contributed by atoms with Crippen LogP contribution in [0.15, 0.2) is 24.3 Å². The van der Waals surface area contributed by atoms with Gasteiger partial charge < -0.3 is 20.4 Å². The molecule has 0 spiro atoms. The molecule has 0 aliphatic carbocycles. The molecular formula is C22H34N4O2. The molecule has 0 bridgehead atoms. The van der Waals surface area contributed by atoms with Gasteiger partial charge in [-0.1, -0.05) is 17.7 Å². The molecular weight excluding hydrogens is 352 g/mol. The fourth-order valence-electron chi connectivity index (χ4n) is 4.11. The monoisotopic (exact) mass is 386 g/mol. The number of carbonyl (C=O) groups excluding carboxylic acids is 2. The largest absolute Gasteiger partial charge is 0.355 e. The minimum atomic E-state index is -0.0383. The van der Waals surface area contributed by atoms with Crippen molar-refractivity contribution in [1.29, 1.82) is 0 Å². The first-order valence-electron chi connectivity index (χ1n) is 10.7. The molecule has 1 atom stereocenters. The van der Waals surface area contributed by atoms with Crippen molar-refractivity contribution < 1.29 is 9.59 Å². The molecule has 154 valence electrons. The van der Waals surface area contributed by atoms with Crippen molar-refractivity contribution in [2.75, 3.05) is 44.6 Å². The summed E-state index contributed by atoms with van der Waals surface area (Å²) in [5.41, 5.74) is 2.00. The van der Waals surface area contributed by atoms with E-state index >= 15 is 0 Å². The average Bonchev–Trinajstić information content (AvgIpc) is 3.22. The summed E-state index contributed by atoms with van der Waals surface area (Å²) in [6.07, 6.45) is 6.06. The van der Waals surface area contributed by atoms with Gasteiger partial charge in [0.15, 0.2) is 0 Å². The van der Waals surface area contributed by atoms with Gasteiger partial charge in [0.2, 0.25) is 5.91 Å².